The molecule has 0 aromatic heterocycles. The Balaban J connectivity index is 0.900. The van der Waals surface area contributed by atoms with Gasteiger partial charge in [0.2, 0.25) is 11.8 Å². The van der Waals surface area contributed by atoms with Crippen LogP contribution in [0, 0.1) is 5.92 Å². The molecule has 3 spiro atoms. The number of rotatable bonds is 16. The standard InChI is InChI=1S/C56H58N4O8S4/c1-57-49(63)53(55(70-45(69-53)40-21-25-42(65-5)26-22-40)51(57,47(61)59(55)3)34-67-30-29-36-13-9-7-10-14-36)31-37-17-19-39(20-18-37)44-33-72-46(41-23-27-43(66-6)28-24-41)71-56-52(48(62)60(56)4,58(2)50(64)54(44,56)72)35-68-32-38-15-11-8-12-16-38/h7-17,19,21-28,33,44-46H,18,20,29-32,34-35H2,1-6H3/t44?,45?,46?,51-,52-,53+,54+,55?,56?,72?/m1/s1. The number of nitrogens with zero attached hydrogens (tertiary/aromatic N) is 4. The molecule has 6 fully saturated rings. The van der Waals surface area contributed by atoms with E-state index >= 15 is 9.59 Å². The van der Waals surface area contributed by atoms with E-state index in [0.717, 1.165) is 44.9 Å². The first-order valence-corrected chi connectivity index (χ1v) is 28.4. The average molecular weight is 1040 g/mol. The Hall–Kier alpha value is -4.97. The number of hydrogen-bond donors (Lipinski definition) is 0. The highest BCUT2D eigenvalue weighted by Gasteiger charge is 2.94. The van der Waals surface area contributed by atoms with Gasteiger partial charge >= 0.3 is 0 Å². The zero-order valence-electron chi connectivity index (χ0n) is 41.2. The predicted octanol–water partition coefficient (Wildman–Crippen LogP) is 8.08. The number of β-lactam (4-membered cyclic amide) rings is 2. The van der Waals surface area contributed by atoms with Crippen LogP contribution in [-0.4, -0.2) is 141 Å². The Morgan fingerprint density at radius 3 is 1.81 bits per heavy atom. The third-order valence-electron chi connectivity index (χ3n) is 17.1. The van der Waals surface area contributed by atoms with Crippen molar-refractivity contribution in [2.45, 2.75) is 71.8 Å². The summed E-state index contributed by atoms with van der Waals surface area (Å²) >= 11 is 5.11. The molecule has 0 N–H and O–H groups in total. The quantitative estimate of drug-likeness (QED) is 0.0616. The van der Waals surface area contributed by atoms with Gasteiger partial charge in [-0.15, -0.1) is 35.3 Å². The van der Waals surface area contributed by atoms with Crippen molar-refractivity contribution in [1.82, 2.24) is 19.6 Å². The molecule has 12 rings (SSSR count). The molecule has 4 amide bonds. The summed E-state index contributed by atoms with van der Waals surface area (Å²) in [5.74, 6) is 0.992. The largest absolute Gasteiger partial charge is 0.497 e. The molecule has 7 heterocycles. The number of likely N-dealkylation sites (tertiary alicyclic amines) is 4. The summed E-state index contributed by atoms with van der Waals surface area (Å²) in [5, 5.41) is 2.40. The third-order valence-corrected chi connectivity index (χ3v) is 26.6. The Bertz CT molecular complexity index is 3000. The van der Waals surface area contributed by atoms with Crippen LogP contribution in [-0.2, 0) is 41.7 Å². The Morgan fingerprint density at radius 1 is 0.597 bits per heavy atom. The molecule has 7 aliphatic heterocycles. The summed E-state index contributed by atoms with van der Waals surface area (Å²) < 4.78 is 21.9. The molecular formula is C56H58N4O8S4. The van der Waals surface area contributed by atoms with Crippen molar-refractivity contribution in [1.29, 1.82) is 0 Å². The maximum Gasteiger partial charge on any atom is 0.255 e. The lowest BCUT2D eigenvalue weighted by molar-refractivity contribution is -0.179. The summed E-state index contributed by atoms with van der Waals surface area (Å²) in [6.45, 7) is 0.914. The predicted molar refractivity (Wildman–Crippen MR) is 286 cm³/mol. The van der Waals surface area contributed by atoms with Crippen molar-refractivity contribution >= 4 is 74.8 Å². The van der Waals surface area contributed by atoms with Gasteiger partial charge in [0.1, 0.15) is 30.7 Å². The van der Waals surface area contributed by atoms with Gasteiger partial charge in [0, 0.05) is 34.1 Å². The molecule has 10 atom stereocenters. The monoisotopic (exact) mass is 1040 g/mol. The lowest BCUT2D eigenvalue weighted by atomic mass is 9.68. The van der Waals surface area contributed by atoms with Crippen LogP contribution in [0.1, 0.15) is 50.7 Å². The van der Waals surface area contributed by atoms with Crippen molar-refractivity contribution < 1.29 is 38.1 Å². The van der Waals surface area contributed by atoms with Gasteiger partial charge in [-0.3, -0.25) is 19.2 Å². The number of hydrogen-bond acceptors (Lipinski definition) is 11. The van der Waals surface area contributed by atoms with Crippen molar-refractivity contribution in [3.05, 3.63) is 155 Å². The Labute approximate surface area is 436 Å². The number of carbonyl (C=O) groups is 4. The second-order valence-electron chi connectivity index (χ2n) is 20.1. The van der Waals surface area contributed by atoms with E-state index in [0.29, 0.717) is 38.9 Å². The summed E-state index contributed by atoms with van der Waals surface area (Å²) in [6.07, 6.45) is 6.87. The van der Waals surface area contributed by atoms with Crippen LogP contribution in [0.15, 0.2) is 132 Å². The molecule has 0 radical (unpaired) electrons. The van der Waals surface area contributed by atoms with Crippen LogP contribution >= 0.6 is 45.8 Å². The fourth-order valence-corrected chi connectivity index (χ4v) is 24.9. The van der Waals surface area contributed by atoms with Gasteiger partial charge in [-0.25, -0.2) is 0 Å². The van der Waals surface area contributed by atoms with Crippen LogP contribution in [0.5, 0.6) is 11.5 Å². The summed E-state index contributed by atoms with van der Waals surface area (Å²) in [4.78, 5) is 65.5. The molecule has 72 heavy (non-hydrogen) atoms. The van der Waals surface area contributed by atoms with Crippen molar-refractivity contribution in [2.75, 3.05) is 62.2 Å². The van der Waals surface area contributed by atoms with Crippen molar-refractivity contribution in [2.24, 2.45) is 5.92 Å². The maximum absolute atomic E-state index is 15.6. The van der Waals surface area contributed by atoms with E-state index in [1.807, 2.05) is 96.7 Å². The number of allylic oxidation sites excluding steroid dienone is 4. The number of thioether (sulfide) groups is 3. The highest BCUT2D eigenvalue weighted by atomic mass is 32.2. The zero-order chi connectivity index (χ0) is 50.0. The number of amides is 4. The lowest BCUT2D eigenvalue weighted by Crippen LogP contribution is -2.86. The van der Waals surface area contributed by atoms with Gasteiger partial charge in [0.25, 0.3) is 11.8 Å². The summed E-state index contributed by atoms with van der Waals surface area (Å²) in [7, 11) is 10.1. The zero-order valence-corrected chi connectivity index (χ0v) is 44.5. The second kappa shape index (κ2) is 17.3. The van der Waals surface area contributed by atoms with Crippen molar-refractivity contribution in [3.8, 4) is 11.5 Å². The van der Waals surface area contributed by atoms with Gasteiger partial charge in [-0.1, -0.05) is 108 Å². The fourth-order valence-electron chi connectivity index (χ4n) is 13.5. The first kappa shape index (κ1) is 48.0. The van der Waals surface area contributed by atoms with Gasteiger partial charge in [0.15, 0.2) is 11.1 Å². The van der Waals surface area contributed by atoms with Crippen LogP contribution in [0.2, 0.25) is 0 Å². The van der Waals surface area contributed by atoms with Gasteiger partial charge in [-0.2, -0.15) is 10.5 Å². The van der Waals surface area contributed by atoms with Gasteiger partial charge in [0.05, 0.1) is 49.8 Å². The highest BCUT2D eigenvalue weighted by Crippen LogP contribution is 2.85. The van der Waals surface area contributed by atoms with Crippen LogP contribution in [0.25, 0.3) is 0 Å². The third kappa shape index (κ3) is 5.93. The fraction of sp³-hybridized carbons (Fsp3) is 0.411. The van der Waals surface area contributed by atoms with E-state index in [4.69, 9.17) is 18.9 Å². The van der Waals surface area contributed by atoms with E-state index in [9.17, 15) is 9.59 Å². The topological polar surface area (TPSA) is 118 Å². The smallest absolute Gasteiger partial charge is 0.255 e. The van der Waals surface area contributed by atoms with E-state index in [-0.39, 0.29) is 51.9 Å². The van der Waals surface area contributed by atoms with Gasteiger partial charge in [-0.05, 0) is 77.6 Å². The molecule has 0 saturated carbocycles. The first-order valence-electron chi connectivity index (χ1n) is 24.5. The molecular weight excluding hydrogens is 985 g/mol. The molecule has 0 bridgehead atoms. The minimum Gasteiger partial charge on any atom is -0.497 e. The number of likely N-dealkylation sites (N-methyl/N-ethyl adjacent to an activating group) is 4. The SMILES string of the molecule is COc1ccc(C2SC34N(C)C(=O)[C@@]3(COCCc3ccccc3)N(C)C(=O)[C@]4(CC3=CC=C(C4C=S5C(c6ccc(OC)cc6)SC67N(C)C(=O)[C@@]6(COCc6ccccc6)N(C)C(=O)[C@]457)CC3)S2)cc1. The summed E-state index contributed by atoms with van der Waals surface area (Å²) in [6, 6.07) is 36.3. The molecule has 12 nitrogen and oxygen atoms in total. The molecule has 4 aromatic rings. The van der Waals surface area contributed by atoms with Crippen LogP contribution in [0.3, 0.4) is 0 Å². The molecule has 6 saturated heterocycles. The van der Waals surface area contributed by atoms with E-state index in [2.05, 4.69) is 53.9 Å². The molecule has 4 aromatic carbocycles. The first-order chi connectivity index (χ1) is 34.8. The number of methoxy groups -OCH3 is 2. The Morgan fingerprint density at radius 2 is 1.18 bits per heavy atom. The Kier molecular flexibility index (Phi) is 11.5. The molecule has 8 aliphatic rings. The minimum atomic E-state index is -1.20. The van der Waals surface area contributed by atoms with E-state index in [1.165, 1.54) is 0 Å². The van der Waals surface area contributed by atoms with Gasteiger partial charge < -0.3 is 38.5 Å². The van der Waals surface area contributed by atoms with Crippen LogP contribution < -0.4 is 9.47 Å². The minimum absolute atomic E-state index is 0.0112. The number of benzene rings is 4. The maximum atomic E-state index is 15.6. The van der Waals surface area contributed by atoms with Crippen molar-refractivity contribution in [3.63, 3.8) is 0 Å². The highest BCUT2D eigenvalue weighted by molar-refractivity contribution is 8.31. The lowest BCUT2D eigenvalue weighted by Gasteiger charge is -2.64. The summed E-state index contributed by atoms with van der Waals surface area (Å²) in [5.41, 5.74) is 4.17. The van der Waals surface area contributed by atoms with E-state index < -0.39 is 40.8 Å². The normalized spacial score (nSPS) is 34.8. The number of carbonyl (C=O) groups excluding carboxylic acids is 4. The average Bonchev–Trinajstić information content (AvgIpc) is 3.99. The molecule has 1 aliphatic carbocycles. The molecule has 6 unspecified atom stereocenters. The van der Waals surface area contributed by atoms with E-state index in [1.54, 1.807) is 73.4 Å². The van der Waals surface area contributed by atoms with Crippen LogP contribution in [0.4, 0.5) is 0 Å². The second-order valence-corrected chi connectivity index (χ2v) is 26.8. The number of ether oxygens (including phenoxy) is 4. The molecule has 16 heteroatoms. The molecule has 374 valence electrons.